The van der Waals surface area contributed by atoms with Crippen molar-refractivity contribution < 1.29 is 97.7 Å². The quantitative estimate of drug-likeness (QED) is 0.0173. The summed E-state index contributed by atoms with van der Waals surface area (Å²) in [6.45, 7) is 12.6. The normalized spacial score (nSPS) is 10.3. The lowest BCUT2D eigenvalue weighted by atomic mass is 10.0. The molecule has 0 saturated carbocycles. The monoisotopic (exact) mass is 1950 g/mol. The number of anilines is 6. The number of carboxylic acid groups (broad SMARTS) is 6. The molecule has 0 saturated heterocycles. The highest BCUT2D eigenvalue weighted by molar-refractivity contribution is 6.36. The van der Waals surface area contributed by atoms with E-state index < -0.39 is 77.1 Å². The molecule has 0 heterocycles. The minimum atomic E-state index is -1.27. The lowest BCUT2D eigenvalue weighted by Crippen LogP contribution is -2.17. The van der Waals surface area contributed by atoms with Gasteiger partial charge in [-0.1, -0.05) is 210 Å². The number of rotatable bonds is 36. The zero-order valence-electron chi connectivity index (χ0n) is 76.9. The Morgan fingerprint density at radius 2 is 0.514 bits per heavy atom. The summed E-state index contributed by atoms with van der Waals surface area (Å²) in [5.74, 6) is -10.9. The van der Waals surface area contributed by atoms with Crippen LogP contribution in [0.3, 0.4) is 0 Å². The minimum Gasteiger partial charge on any atom is -0.478 e. The molecule has 25 nitrogen and oxygen atoms in total. The van der Waals surface area contributed by atoms with Gasteiger partial charge in [0.25, 0.3) is 35.4 Å². The molecule has 0 fully saturated rings. The first-order chi connectivity index (χ1) is 66.1. The Kier molecular flexibility index (Phi) is 45.8. The third kappa shape index (κ3) is 35.9. The fraction of sp³-hybridized carbons (Fsp3) is 0.222. The zero-order valence-corrected chi connectivity index (χ0v) is 79.9. The second kappa shape index (κ2) is 57.3. The highest BCUT2D eigenvalue weighted by Crippen LogP contribution is 2.29. The number of unbranched alkanes of at least 4 members (excludes halogenated alkanes) is 5. The van der Waals surface area contributed by atoms with Gasteiger partial charge < -0.3 is 67.6 Å². The highest BCUT2D eigenvalue weighted by Gasteiger charge is 2.25. The molecule has 0 bridgehead atoms. The van der Waals surface area contributed by atoms with E-state index in [2.05, 4.69) is 66.5 Å². The number of carbonyl (C=O) groups excluding carboxylic acids is 6. The molecule has 12 aromatic rings. The number of aromatic carboxylic acids is 6. The van der Waals surface area contributed by atoms with Crippen LogP contribution in [0.25, 0.3) is 0 Å². The Labute approximate surface area is 819 Å². The van der Waals surface area contributed by atoms with Crippen LogP contribution in [0.15, 0.2) is 255 Å². The standard InChI is InChI=1S/4C18H18ClNO3.C18H18FNO3.C18H19NO4/c1-2-3-5-12-8-10-13(11-9-12)20-17(21)16-14(18(22)23)6-4-7-15(16)19;1-2-3-5-12-8-10-13(11-9-12)20-17(21)14-6-4-7-15(19)16(14)18(22)23;1-2-3-4-12-5-8-14(9-6-12)20-17(21)16-11-13(19)7-10-15(16)18(22)23;1-2-3-4-12-5-8-14(9-6-12)20-17(21)15-10-7-13(19)11-16(15)18(22)23;1-2-3-4-12-5-8-14(9-6-12)20-17(21)16-11-13(19)7-10-15(16)18(22)23;1-12-4-9-15(16(11-12)18(22)23)17(21)19-14-7-5-13(6-8-14)3-2-10-20/h2*4,6-11H,2-3,5H2,1H3,(H,20,21)(H,22,23);3*5-11H,2-4H2,1H3,(H,20,21)(H,22,23);4-9,11,20H,2-3,10H2,1H3,(H,19,21)(H,22,23). The van der Waals surface area contributed by atoms with E-state index >= 15 is 0 Å². The molecule has 0 aromatic heterocycles. The van der Waals surface area contributed by atoms with Gasteiger partial charge in [-0.3, -0.25) is 28.8 Å². The molecule has 138 heavy (non-hydrogen) atoms. The van der Waals surface area contributed by atoms with Gasteiger partial charge in [-0.25, -0.2) is 33.2 Å². The van der Waals surface area contributed by atoms with Crippen LogP contribution in [0.2, 0.25) is 20.1 Å². The minimum absolute atomic E-state index is 0.0120. The third-order valence-electron chi connectivity index (χ3n) is 21.0. The number of benzene rings is 12. The number of aryl methyl sites for hydroxylation is 7. The lowest BCUT2D eigenvalue weighted by molar-refractivity contribution is 0.0683. The van der Waals surface area contributed by atoms with Gasteiger partial charge in [-0.15, -0.1) is 0 Å². The van der Waals surface area contributed by atoms with Crippen LogP contribution < -0.4 is 31.9 Å². The van der Waals surface area contributed by atoms with Gasteiger partial charge in [0, 0.05) is 50.8 Å². The number of amides is 6. The molecule has 0 aliphatic rings. The molecule has 6 amide bonds. The van der Waals surface area contributed by atoms with Gasteiger partial charge in [-0.05, 0) is 281 Å². The summed E-state index contributed by atoms with van der Waals surface area (Å²) in [6, 6.07) is 69.6. The first-order valence-corrected chi connectivity index (χ1v) is 46.1. The van der Waals surface area contributed by atoms with Gasteiger partial charge in [0.1, 0.15) is 5.82 Å². The molecular weight excluding hydrogens is 1850 g/mol. The van der Waals surface area contributed by atoms with Crippen LogP contribution in [-0.2, 0) is 38.5 Å². The second-order valence-corrected chi connectivity index (χ2v) is 33.2. The Bertz CT molecular complexity index is 5850. The summed E-state index contributed by atoms with van der Waals surface area (Å²) in [5, 5.41) is 80.7. The topological polar surface area (TPSA) is 419 Å². The number of carboxylic acids is 6. The van der Waals surface area contributed by atoms with E-state index in [-0.39, 0.29) is 88.4 Å². The van der Waals surface area contributed by atoms with Crippen molar-refractivity contribution in [1.82, 2.24) is 0 Å². The number of hydrogen-bond donors (Lipinski definition) is 13. The number of hydrogen-bond acceptors (Lipinski definition) is 13. The maximum absolute atomic E-state index is 13.3. The van der Waals surface area contributed by atoms with Crippen molar-refractivity contribution in [2.45, 2.75) is 151 Å². The Hall–Kier alpha value is -14.7. The van der Waals surface area contributed by atoms with Gasteiger partial charge in [0.15, 0.2) is 0 Å². The maximum atomic E-state index is 13.3. The molecular formula is C108H109Cl4FN6O19. The summed E-state index contributed by atoms with van der Waals surface area (Å²) >= 11 is 23.5. The Morgan fingerprint density at radius 1 is 0.254 bits per heavy atom. The predicted octanol–water partition coefficient (Wildman–Crippen LogP) is 25.5. The molecule has 0 radical (unpaired) electrons. The first-order valence-electron chi connectivity index (χ1n) is 44.6. The third-order valence-corrected chi connectivity index (χ3v) is 22.1. The van der Waals surface area contributed by atoms with Crippen LogP contribution in [-0.4, -0.2) is 114 Å². The summed E-state index contributed by atoms with van der Waals surface area (Å²) in [5.41, 5.74) is 10.8. The highest BCUT2D eigenvalue weighted by atomic mass is 35.5. The number of aliphatic hydroxyl groups excluding tert-OH is 1. The molecule has 720 valence electrons. The summed E-state index contributed by atoms with van der Waals surface area (Å²) in [7, 11) is 0. The van der Waals surface area contributed by atoms with E-state index in [1.165, 1.54) is 107 Å². The molecule has 30 heteroatoms. The fourth-order valence-electron chi connectivity index (χ4n) is 13.5. The van der Waals surface area contributed by atoms with Crippen LogP contribution in [0.1, 0.15) is 268 Å². The molecule has 12 rings (SSSR count). The van der Waals surface area contributed by atoms with Crippen molar-refractivity contribution in [3.05, 3.63) is 386 Å². The van der Waals surface area contributed by atoms with Crippen molar-refractivity contribution in [2.24, 2.45) is 0 Å². The maximum Gasteiger partial charge on any atom is 0.338 e. The van der Waals surface area contributed by atoms with Crippen molar-refractivity contribution in [3.63, 3.8) is 0 Å². The van der Waals surface area contributed by atoms with Gasteiger partial charge in [0.05, 0.1) is 76.8 Å². The van der Waals surface area contributed by atoms with Gasteiger partial charge >= 0.3 is 35.8 Å². The fourth-order valence-corrected chi connectivity index (χ4v) is 14.3. The molecule has 0 unspecified atom stereocenters. The Morgan fingerprint density at radius 3 is 0.833 bits per heavy atom. The summed E-state index contributed by atoms with van der Waals surface area (Å²) in [6.07, 6.45) is 17.6. The Balaban J connectivity index is 0.000000225. The van der Waals surface area contributed by atoms with E-state index in [4.69, 9.17) is 61.7 Å². The molecule has 13 N–H and O–H groups in total. The number of nitrogens with one attached hydrogen (secondary N) is 6. The number of halogens is 5. The molecule has 0 aliphatic heterocycles. The summed E-state index contributed by atoms with van der Waals surface area (Å²) in [4.78, 5) is 141. The SMILES string of the molecule is CCCCc1ccc(NC(=O)c2c(Cl)cccc2C(=O)O)cc1.CCCCc1ccc(NC(=O)c2cc(Cl)ccc2C(=O)O)cc1.CCCCc1ccc(NC(=O)c2cc(F)ccc2C(=O)O)cc1.CCCCc1ccc(NC(=O)c2ccc(Cl)cc2C(=O)O)cc1.CCCCc1ccc(NC(=O)c2cccc(Cl)c2C(=O)O)cc1.Cc1ccc(C(=O)Nc2ccc(CCCO)cc2)c(C(=O)O)c1. The van der Waals surface area contributed by atoms with E-state index in [1.807, 2.05) is 109 Å². The van der Waals surface area contributed by atoms with E-state index in [0.717, 1.165) is 132 Å². The van der Waals surface area contributed by atoms with Gasteiger partial charge in [-0.2, -0.15) is 0 Å². The molecule has 12 aromatic carbocycles. The molecule has 0 spiro atoms. The zero-order chi connectivity index (χ0) is 101. The average molecular weight is 1960 g/mol. The van der Waals surface area contributed by atoms with Crippen LogP contribution in [0.5, 0.6) is 0 Å². The molecule has 0 aliphatic carbocycles. The van der Waals surface area contributed by atoms with E-state index in [1.54, 1.807) is 55.5 Å². The van der Waals surface area contributed by atoms with Crippen molar-refractivity contribution in [3.8, 4) is 0 Å². The van der Waals surface area contributed by atoms with Crippen LogP contribution in [0, 0.1) is 12.7 Å². The summed E-state index contributed by atoms with van der Waals surface area (Å²) < 4.78 is 13.3. The number of carbonyl (C=O) groups is 12. The smallest absolute Gasteiger partial charge is 0.338 e. The van der Waals surface area contributed by atoms with E-state index in [9.17, 15) is 82.4 Å². The van der Waals surface area contributed by atoms with E-state index in [0.29, 0.717) is 45.6 Å². The van der Waals surface area contributed by atoms with Crippen LogP contribution in [0.4, 0.5) is 38.5 Å². The lowest BCUT2D eigenvalue weighted by Gasteiger charge is -2.10. The predicted molar refractivity (Wildman–Crippen MR) is 540 cm³/mol. The average Bonchev–Trinajstić information content (AvgIpc) is 0.828. The van der Waals surface area contributed by atoms with Crippen molar-refractivity contribution >= 4 is 152 Å². The van der Waals surface area contributed by atoms with Crippen molar-refractivity contribution in [1.29, 1.82) is 0 Å². The van der Waals surface area contributed by atoms with Gasteiger partial charge in [0.2, 0.25) is 0 Å². The van der Waals surface area contributed by atoms with Crippen LogP contribution >= 0.6 is 46.4 Å². The largest absolute Gasteiger partial charge is 0.478 e. The second-order valence-electron chi connectivity index (χ2n) is 31.5. The number of aliphatic hydroxyl groups is 1. The molecule has 0 atom stereocenters. The first kappa shape index (κ1) is 110. The van der Waals surface area contributed by atoms with Crippen molar-refractivity contribution in [2.75, 3.05) is 38.5 Å².